The second-order valence-electron chi connectivity index (χ2n) is 3.12. The fraction of sp³-hybridized carbons (Fsp3) is 0.333. The Morgan fingerprint density at radius 3 is 2.60 bits per heavy atom. The molecule has 0 spiro atoms. The lowest BCUT2D eigenvalue weighted by Crippen LogP contribution is -1.94. The summed E-state index contributed by atoms with van der Waals surface area (Å²) in [6.45, 7) is 3.91. The Morgan fingerprint density at radius 2 is 2.07 bits per heavy atom. The molecule has 0 aromatic heterocycles. The summed E-state index contributed by atoms with van der Waals surface area (Å²) in [7, 11) is 0. The van der Waals surface area contributed by atoms with Crippen molar-refractivity contribution in [2.75, 3.05) is 0 Å². The quantitative estimate of drug-likeness (QED) is 0.811. The maximum atomic E-state index is 9.76. The maximum Gasteiger partial charge on any atom is 0.144 e. The van der Waals surface area contributed by atoms with Crippen LogP contribution in [0.2, 0.25) is 0 Å². The van der Waals surface area contributed by atoms with Crippen molar-refractivity contribution in [3.8, 4) is 17.6 Å². The van der Waals surface area contributed by atoms with Gasteiger partial charge in [-0.1, -0.05) is 12.8 Å². The summed E-state index contributed by atoms with van der Waals surface area (Å²) < 4.78 is 1.47. The van der Waals surface area contributed by atoms with Gasteiger partial charge in [-0.2, -0.15) is 0 Å². The standard InChI is InChI=1S/C12H12Br2O/c1-3-5-6-9-8(4-2)7-10(13)12(15)11(9)14/h7,15H,4,6H2,1-2H3. The number of rotatable bonds is 2. The molecule has 0 radical (unpaired) electrons. The van der Waals surface area contributed by atoms with E-state index < -0.39 is 0 Å². The molecule has 0 aliphatic heterocycles. The van der Waals surface area contributed by atoms with E-state index in [1.165, 1.54) is 5.56 Å². The number of hydrogen-bond donors (Lipinski definition) is 1. The van der Waals surface area contributed by atoms with Gasteiger partial charge in [0.25, 0.3) is 0 Å². The first-order valence-electron chi connectivity index (χ1n) is 4.70. The number of phenolic OH excluding ortho intramolecular Hbond substituents is 1. The number of phenols is 1. The zero-order chi connectivity index (χ0) is 11.4. The Kier molecular flexibility index (Phi) is 4.69. The predicted octanol–water partition coefficient (Wildman–Crippen LogP) is 4.05. The van der Waals surface area contributed by atoms with Crippen LogP contribution in [0.15, 0.2) is 15.0 Å². The Hall–Kier alpha value is -0.460. The molecule has 0 aliphatic rings. The molecule has 1 nitrogen and oxygen atoms in total. The number of aryl methyl sites for hydroxylation is 1. The van der Waals surface area contributed by atoms with Crippen molar-refractivity contribution < 1.29 is 5.11 Å². The van der Waals surface area contributed by atoms with Gasteiger partial charge in [0.15, 0.2) is 0 Å². The van der Waals surface area contributed by atoms with Gasteiger partial charge in [-0.3, -0.25) is 0 Å². The third-order valence-electron chi connectivity index (χ3n) is 2.21. The molecular formula is C12H12Br2O. The highest BCUT2D eigenvalue weighted by Gasteiger charge is 2.12. The van der Waals surface area contributed by atoms with E-state index >= 15 is 0 Å². The van der Waals surface area contributed by atoms with Crippen LogP contribution in [0.4, 0.5) is 0 Å². The SMILES string of the molecule is CC#CCc1c(CC)cc(Br)c(O)c1Br. The van der Waals surface area contributed by atoms with Crippen molar-refractivity contribution in [1.29, 1.82) is 0 Å². The van der Waals surface area contributed by atoms with E-state index in [2.05, 4.69) is 50.6 Å². The molecule has 0 unspecified atom stereocenters. The fourth-order valence-corrected chi connectivity index (χ4v) is 2.73. The average molecular weight is 332 g/mol. The van der Waals surface area contributed by atoms with Crippen LogP contribution in [0.1, 0.15) is 25.0 Å². The predicted molar refractivity (Wildman–Crippen MR) is 70.0 cm³/mol. The summed E-state index contributed by atoms with van der Waals surface area (Å²) in [6, 6.07) is 1.95. The van der Waals surface area contributed by atoms with Crippen LogP contribution in [0.25, 0.3) is 0 Å². The van der Waals surface area contributed by atoms with E-state index in [1.807, 2.05) is 13.0 Å². The molecule has 0 aliphatic carbocycles. The first kappa shape index (κ1) is 12.6. The van der Waals surface area contributed by atoms with E-state index in [-0.39, 0.29) is 5.75 Å². The normalized spacial score (nSPS) is 9.60. The van der Waals surface area contributed by atoms with Crippen LogP contribution in [0.5, 0.6) is 5.75 Å². The summed E-state index contributed by atoms with van der Waals surface area (Å²) in [5.74, 6) is 6.14. The van der Waals surface area contributed by atoms with Gasteiger partial charge in [0.05, 0.1) is 8.95 Å². The molecular weight excluding hydrogens is 320 g/mol. The Labute approximate surface area is 107 Å². The van der Waals surface area contributed by atoms with Crippen LogP contribution in [0, 0.1) is 11.8 Å². The topological polar surface area (TPSA) is 20.2 Å². The van der Waals surface area contributed by atoms with E-state index in [4.69, 9.17) is 0 Å². The molecule has 0 atom stereocenters. The zero-order valence-corrected chi connectivity index (χ0v) is 11.9. The van der Waals surface area contributed by atoms with Gasteiger partial charge < -0.3 is 5.11 Å². The number of aromatic hydroxyl groups is 1. The average Bonchev–Trinajstić information content (AvgIpc) is 2.24. The first-order valence-corrected chi connectivity index (χ1v) is 6.28. The summed E-state index contributed by atoms with van der Waals surface area (Å²) in [5, 5.41) is 9.76. The molecule has 0 saturated heterocycles. The second kappa shape index (κ2) is 5.58. The lowest BCUT2D eigenvalue weighted by Gasteiger charge is -2.11. The van der Waals surface area contributed by atoms with Gasteiger partial charge in [-0.05, 0) is 62.4 Å². The lowest BCUT2D eigenvalue weighted by molar-refractivity contribution is 0.467. The van der Waals surface area contributed by atoms with Crippen LogP contribution >= 0.6 is 31.9 Å². The highest BCUT2D eigenvalue weighted by molar-refractivity contribution is 9.11. The Morgan fingerprint density at radius 1 is 1.40 bits per heavy atom. The van der Waals surface area contributed by atoms with Crippen LogP contribution in [-0.4, -0.2) is 5.11 Å². The van der Waals surface area contributed by atoms with Crippen LogP contribution in [0.3, 0.4) is 0 Å². The molecule has 0 fully saturated rings. The minimum atomic E-state index is 0.250. The smallest absolute Gasteiger partial charge is 0.144 e. The third-order valence-corrected chi connectivity index (χ3v) is 3.67. The lowest BCUT2D eigenvalue weighted by atomic mass is 10.0. The molecule has 1 rings (SSSR count). The molecule has 0 saturated carbocycles. The monoisotopic (exact) mass is 330 g/mol. The first-order chi connectivity index (χ1) is 7.11. The highest BCUT2D eigenvalue weighted by atomic mass is 79.9. The molecule has 3 heteroatoms. The third kappa shape index (κ3) is 2.76. The van der Waals surface area contributed by atoms with E-state index in [1.54, 1.807) is 0 Å². The summed E-state index contributed by atoms with van der Waals surface area (Å²) in [6.07, 6.45) is 1.60. The number of halogens is 2. The molecule has 0 bridgehead atoms. The number of hydrogen-bond acceptors (Lipinski definition) is 1. The summed E-state index contributed by atoms with van der Waals surface area (Å²) in [4.78, 5) is 0. The van der Waals surface area contributed by atoms with E-state index in [0.29, 0.717) is 6.42 Å². The van der Waals surface area contributed by atoms with Crippen molar-refractivity contribution >= 4 is 31.9 Å². The van der Waals surface area contributed by atoms with E-state index in [9.17, 15) is 5.11 Å². The van der Waals surface area contributed by atoms with Gasteiger partial charge in [0.2, 0.25) is 0 Å². The number of benzene rings is 1. The van der Waals surface area contributed by atoms with Crippen molar-refractivity contribution in [3.05, 3.63) is 26.1 Å². The van der Waals surface area contributed by atoms with Crippen molar-refractivity contribution in [2.24, 2.45) is 0 Å². The van der Waals surface area contributed by atoms with Gasteiger partial charge in [-0.25, -0.2) is 0 Å². The molecule has 15 heavy (non-hydrogen) atoms. The molecule has 0 heterocycles. The second-order valence-corrected chi connectivity index (χ2v) is 4.76. The van der Waals surface area contributed by atoms with E-state index in [0.717, 1.165) is 20.9 Å². The summed E-state index contributed by atoms with van der Waals surface area (Å²) in [5.41, 5.74) is 2.28. The molecule has 1 aromatic rings. The van der Waals surface area contributed by atoms with Crippen LogP contribution < -0.4 is 0 Å². The maximum absolute atomic E-state index is 9.76. The van der Waals surface area contributed by atoms with Gasteiger partial charge in [0.1, 0.15) is 5.75 Å². The Bertz CT molecular complexity index is 427. The molecule has 80 valence electrons. The highest BCUT2D eigenvalue weighted by Crippen LogP contribution is 2.37. The minimum Gasteiger partial charge on any atom is -0.506 e. The minimum absolute atomic E-state index is 0.250. The van der Waals surface area contributed by atoms with Crippen molar-refractivity contribution in [3.63, 3.8) is 0 Å². The molecule has 1 N–H and O–H groups in total. The fourth-order valence-electron chi connectivity index (χ4n) is 1.38. The molecule has 1 aromatic carbocycles. The van der Waals surface area contributed by atoms with Gasteiger partial charge in [-0.15, -0.1) is 5.92 Å². The van der Waals surface area contributed by atoms with Gasteiger partial charge >= 0.3 is 0 Å². The summed E-state index contributed by atoms with van der Waals surface area (Å²) >= 11 is 6.73. The van der Waals surface area contributed by atoms with Crippen LogP contribution in [-0.2, 0) is 12.8 Å². The Balaban J connectivity index is 3.31. The molecule has 0 amide bonds. The van der Waals surface area contributed by atoms with Crippen molar-refractivity contribution in [2.45, 2.75) is 26.7 Å². The largest absolute Gasteiger partial charge is 0.506 e. The van der Waals surface area contributed by atoms with Gasteiger partial charge in [0, 0.05) is 6.42 Å². The zero-order valence-electron chi connectivity index (χ0n) is 8.69. The van der Waals surface area contributed by atoms with Crippen molar-refractivity contribution in [1.82, 2.24) is 0 Å².